The molecule has 9 heteroatoms. The molecule has 2 heterocycles. The molecule has 1 aromatic carbocycles. The average Bonchev–Trinajstić information content (AvgIpc) is 3.01. The molecule has 2 aromatic heterocycles. The van der Waals surface area contributed by atoms with Gasteiger partial charge in [0.25, 0.3) is 5.56 Å². The van der Waals surface area contributed by atoms with E-state index < -0.39 is 6.09 Å². The summed E-state index contributed by atoms with van der Waals surface area (Å²) in [6.45, 7) is 9.31. The van der Waals surface area contributed by atoms with Gasteiger partial charge >= 0.3 is 6.09 Å². The van der Waals surface area contributed by atoms with Crippen LogP contribution in [0.1, 0.15) is 39.4 Å². The molecule has 9 nitrogen and oxygen atoms in total. The molecule has 3 aromatic rings. The van der Waals surface area contributed by atoms with Crippen LogP contribution in [0.3, 0.4) is 0 Å². The second kappa shape index (κ2) is 7.71. The maximum Gasteiger partial charge on any atom is 0.412 e. The van der Waals surface area contributed by atoms with E-state index in [2.05, 4.69) is 25.9 Å². The molecule has 0 saturated heterocycles. The van der Waals surface area contributed by atoms with E-state index in [1.807, 2.05) is 40.7 Å². The SMILES string of the molecule is Cc1cc(Nc2nn(C(C)C)c(=O)c3cc(OC(=O)NC(C)C)ccc23)n[nH]1. The normalized spacial score (nSPS) is 11.2. The largest absolute Gasteiger partial charge is 0.412 e. The van der Waals surface area contributed by atoms with Crippen LogP contribution in [0.15, 0.2) is 29.1 Å². The Labute approximate surface area is 162 Å². The van der Waals surface area contributed by atoms with Crippen molar-refractivity contribution in [3.63, 3.8) is 0 Å². The van der Waals surface area contributed by atoms with E-state index in [0.29, 0.717) is 22.4 Å². The van der Waals surface area contributed by atoms with Crippen LogP contribution in [0.2, 0.25) is 0 Å². The molecule has 0 bridgehead atoms. The fourth-order valence-corrected chi connectivity index (χ4v) is 2.72. The first kappa shape index (κ1) is 19.4. The molecule has 28 heavy (non-hydrogen) atoms. The number of nitrogens with zero attached hydrogens (tertiary/aromatic N) is 3. The zero-order chi connectivity index (χ0) is 20.4. The molecule has 0 aliphatic carbocycles. The summed E-state index contributed by atoms with van der Waals surface area (Å²) in [5, 5.41) is 18.3. The number of nitrogens with one attached hydrogen (secondary N) is 3. The maximum atomic E-state index is 12.9. The van der Waals surface area contributed by atoms with E-state index in [0.717, 1.165) is 5.69 Å². The first-order valence-electron chi connectivity index (χ1n) is 9.08. The van der Waals surface area contributed by atoms with Gasteiger partial charge in [0.1, 0.15) is 5.75 Å². The number of amides is 1. The van der Waals surface area contributed by atoms with Crippen molar-refractivity contribution in [3.05, 3.63) is 40.3 Å². The lowest BCUT2D eigenvalue weighted by Crippen LogP contribution is -2.32. The van der Waals surface area contributed by atoms with Gasteiger partial charge in [0.2, 0.25) is 0 Å². The first-order valence-corrected chi connectivity index (χ1v) is 9.08. The molecule has 1 amide bonds. The second-order valence-corrected chi connectivity index (χ2v) is 7.15. The third kappa shape index (κ3) is 4.13. The van der Waals surface area contributed by atoms with E-state index in [-0.39, 0.29) is 23.4 Å². The summed E-state index contributed by atoms with van der Waals surface area (Å²) in [5.41, 5.74) is 0.638. The zero-order valence-electron chi connectivity index (χ0n) is 16.5. The summed E-state index contributed by atoms with van der Waals surface area (Å²) in [6, 6.07) is 6.53. The van der Waals surface area contributed by atoms with Crippen LogP contribution in [0, 0.1) is 6.92 Å². The molecule has 0 atom stereocenters. The first-order chi connectivity index (χ1) is 13.2. The van der Waals surface area contributed by atoms with E-state index in [1.165, 1.54) is 4.68 Å². The number of H-pyrrole nitrogens is 1. The number of benzene rings is 1. The van der Waals surface area contributed by atoms with Gasteiger partial charge in [-0.1, -0.05) is 0 Å². The van der Waals surface area contributed by atoms with Gasteiger partial charge in [0.05, 0.1) is 11.4 Å². The predicted octanol–water partition coefficient (Wildman–Crippen LogP) is 3.25. The number of hydrogen-bond acceptors (Lipinski definition) is 6. The lowest BCUT2D eigenvalue weighted by Gasteiger charge is -2.15. The number of ether oxygens (including phenoxy) is 1. The van der Waals surface area contributed by atoms with Gasteiger partial charge in [0, 0.05) is 23.2 Å². The molecule has 0 spiro atoms. The number of fused-ring (bicyclic) bond motifs is 1. The third-order valence-electron chi connectivity index (χ3n) is 3.95. The minimum absolute atomic E-state index is 0.0524. The predicted molar refractivity (Wildman–Crippen MR) is 107 cm³/mol. The fraction of sp³-hybridized carbons (Fsp3) is 0.368. The Hall–Kier alpha value is -3.36. The molecule has 0 saturated carbocycles. The van der Waals surface area contributed by atoms with Gasteiger partial charge < -0.3 is 15.4 Å². The van der Waals surface area contributed by atoms with Crippen molar-refractivity contribution >= 4 is 28.5 Å². The Balaban J connectivity index is 2.07. The molecule has 0 radical (unpaired) electrons. The standard InChI is InChI=1S/C19H24N6O3/c1-10(2)20-19(27)28-13-6-7-14-15(9-13)18(26)25(11(3)4)24-17(14)21-16-8-12(5)22-23-16/h6-11H,1-5H3,(H,20,27)(H2,21,22,23,24). The Morgan fingerprint density at radius 1 is 1.18 bits per heavy atom. The molecular formula is C19H24N6O3. The van der Waals surface area contributed by atoms with Crippen molar-refractivity contribution in [3.8, 4) is 5.75 Å². The van der Waals surface area contributed by atoms with Crippen molar-refractivity contribution in [1.29, 1.82) is 0 Å². The smallest absolute Gasteiger partial charge is 0.410 e. The molecule has 0 aliphatic rings. The third-order valence-corrected chi connectivity index (χ3v) is 3.95. The van der Waals surface area contributed by atoms with Crippen LogP contribution in [0.4, 0.5) is 16.4 Å². The summed E-state index contributed by atoms with van der Waals surface area (Å²) < 4.78 is 6.68. The number of carbonyl (C=O) groups is 1. The number of aromatic nitrogens is 4. The zero-order valence-corrected chi connectivity index (χ0v) is 16.5. The molecule has 0 aliphatic heterocycles. The number of anilines is 2. The highest BCUT2D eigenvalue weighted by atomic mass is 16.6. The Kier molecular flexibility index (Phi) is 5.34. The number of hydrogen-bond donors (Lipinski definition) is 3. The van der Waals surface area contributed by atoms with Crippen molar-refractivity contribution in [2.24, 2.45) is 0 Å². The molecule has 0 unspecified atom stereocenters. The van der Waals surface area contributed by atoms with Crippen molar-refractivity contribution in [2.45, 2.75) is 46.7 Å². The summed E-state index contributed by atoms with van der Waals surface area (Å²) >= 11 is 0. The fourth-order valence-electron chi connectivity index (χ4n) is 2.72. The minimum Gasteiger partial charge on any atom is -0.410 e. The number of aryl methyl sites for hydroxylation is 1. The molecule has 0 fully saturated rings. The maximum absolute atomic E-state index is 12.9. The van der Waals surface area contributed by atoms with E-state index in [1.54, 1.807) is 18.2 Å². The molecule has 3 rings (SSSR count). The monoisotopic (exact) mass is 384 g/mol. The van der Waals surface area contributed by atoms with Gasteiger partial charge in [-0.05, 0) is 52.8 Å². The summed E-state index contributed by atoms with van der Waals surface area (Å²) in [7, 11) is 0. The second-order valence-electron chi connectivity index (χ2n) is 7.15. The van der Waals surface area contributed by atoms with Gasteiger partial charge in [-0.15, -0.1) is 0 Å². The Morgan fingerprint density at radius 3 is 2.54 bits per heavy atom. The van der Waals surface area contributed by atoms with E-state index in [9.17, 15) is 9.59 Å². The van der Waals surface area contributed by atoms with Crippen LogP contribution >= 0.6 is 0 Å². The van der Waals surface area contributed by atoms with Crippen LogP contribution in [0.5, 0.6) is 5.75 Å². The Bertz CT molecular complexity index is 1070. The van der Waals surface area contributed by atoms with E-state index in [4.69, 9.17) is 4.74 Å². The highest BCUT2D eigenvalue weighted by molar-refractivity contribution is 5.93. The van der Waals surface area contributed by atoms with Crippen LogP contribution in [0.25, 0.3) is 10.8 Å². The lowest BCUT2D eigenvalue weighted by atomic mass is 10.1. The lowest BCUT2D eigenvalue weighted by molar-refractivity contribution is 0.198. The van der Waals surface area contributed by atoms with Gasteiger partial charge in [0.15, 0.2) is 11.6 Å². The molecule has 3 N–H and O–H groups in total. The number of carbonyl (C=O) groups excluding carboxylic acids is 1. The molecular weight excluding hydrogens is 360 g/mol. The van der Waals surface area contributed by atoms with Crippen LogP contribution in [-0.4, -0.2) is 32.1 Å². The summed E-state index contributed by atoms with van der Waals surface area (Å²) in [5.74, 6) is 1.37. The van der Waals surface area contributed by atoms with Crippen molar-refractivity contribution in [1.82, 2.24) is 25.3 Å². The molecule has 148 valence electrons. The van der Waals surface area contributed by atoms with Gasteiger partial charge in [-0.2, -0.15) is 10.2 Å². The van der Waals surface area contributed by atoms with Gasteiger partial charge in [-0.25, -0.2) is 9.48 Å². The van der Waals surface area contributed by atoms with Crippen molar-refractivity contribution in [2.75, 3.05) is 5.32 Å². The average molecular weight is 384 g/mol. The summed E-state index contributed by atoms with van der Waals surface area (Å²) in [6.07, 6.45) is -0.571. The summed E-state index contributed by atoms with van der Waals surface area (Å²) in [4.78, 5) is 24.8. The Morgan fingerprint density at radius 2 is 1.93 bits per heavy atom. The van der Waals surface area contributed by atoms with Crippen LogP contribution in [-0.2, 0) is 0 Å². The number of rotatable bonds is 5. The topological polar surface area (TPSA) is 114 Å². The quantitative estimate of drug-likeness (QED) is 0.622. The van der Waals surface area contributed by atoms with Crippen molar-refractivity contribution < 1.29 is 9.53 Å². The van der Waals surface area contributed by atoms with E-state index >= 15 is 0 Å². The highest BCUT2D eigenvalue weighted by Gasteiger charge is 2.15. The number of aromatic amines is 1. The highest BCUT2D eigenvalue weighted by Crippen LogP contribution is 2.26. The van der Waals surface area contributed by atoms with Gasteiger partial charge in [-0.3, -0.25) is 9.89 Å². The van der Waals surface area contributed by atoms with Crippen LogP contribution < -0.4 is 20.9 Å². The minimum atomic E-state index is -0.571.